The largest absolute Gasteiger partial charge is 0.454 e. The molecule has 1 aliphatic rings. The van der Waals surface area contributed by atoms with Crippen molar-refractivity contribution in [2.45, 2.75) is 26.9 Å². The summed E-state index contributed by atoms with van der Waals surface area (Å²) in [5.41, 5.74) is 2.64. The van der Waals surface area contributed by atoms with Crippen molar-refractivity contribution in [3.63, 3.8) is 0 Å². The third-order valence-electron chi connectivity index (χ3n) is 5.72. The predicted molar refractivity (Wildman–Crippen MR) is 126 cm³/mol. The van der Waals surface area contributed by atoms with Crippen molar-refractivity contribution in [3.05, 3.63) is 92.3 Å². The van der Waals surface area contributed by atoms with Crippen LogP contribution in [0.2, 0.25) is 0 Å². The fourth-order valence-corrected chi connectivity index (χ4v) is 4.04. The van der Waals surface area contributed by atoms with Gasteiger partial charge in [-0.15, -0.1) is 0 Å². The van der Waals surface area contributed by atoms with Crippen molar-refractivity contribution in [2.75, 3.05) is 12.1 Å². The molecule has 0 atom stereocenters. The molecule has 172 valence electrons. The number of carbonyl (C=O) groups excluding carboxylic acids is 1. The zero-order valence-corrected chi connectivity index (χ0v) is 18.7. The summed E-state index contributed by atoms with van der Waals surface area (Å²) in [4.78, 5) is 43.6. The first-order valence-electron chi connectivity index (χ1n) is 10.7. The van der Waals surface area contributed by atoms with Crippen molar-refractivity contribution < 1.29 is 14.3 Å². The van der Waals surface area contributed by atoms with Gasteiger partial charge in [0, 0.05) is 11.9 Å². The minimum absolute atomic E-state index is 0.000486. The van der Waals surface area contributed by atoms with Crippen molar-refractivity contribution >= 4 is 22.6 Å². The molecule has 1 aliphatic heterocycles. The van der Waals surface area contributed by atoms with Gasteiger partial charge in [-0.3, -0.25) is 18.7 Å². The zero-order chi connectivity index (χ0) is 23.8. The van der Waals surface area contributed by atoms with Crippen molar-refractivity contribution in [1.82, 2.24) is 14.1 Å². The Morgan fingerprint density at radius 2 is 1.85 bits per heavy atom. The highest BCUT2D eigenvalue weighted by molar-refractivity contribution is 5.92. The van der Waals surface area contributed by atoms with Gasteiger partial charge in [0.25, 0.3) is 5.56 Å². The average Bonchev–Trinajstić information content (AvgIpc) is 3.29. The molecule has 0 bridgehead atoms. The molecule has 1 amide bonds. The van der Waals surface area contributed by atoms with Crippen LogP contribution in [-0.4, -0.2) is 26.8 Å². The third-order valence-corrected chi connectivity index (χ3v) is 5.72. The molecule has 0 spiro atoms. The van der Waals surface area contributed by atoms with Crippen LogP contribution in [0.15, 0.2) is 64.3 Å². The van der Waals surface area contributed by atoms with Crippen LogP contribution in [0, 0.1) is 13.8 Å². The monoisotopic (exact) mass is 458 g/mol. The Bertz CT molecular complexity index is 1550. The van der Waals surface area contributed by atoms with Crippen LogP contribution in [-0.2, 0) is 17.9 Å². The maximum absolute atomic E-state index is 13.4. The molecular formula is C25H22N4O5. The van der Waals surface area contributed by atoms with Gasteiger partial charge in [0.2, 0.25) is 12.7 Å². The average molecular weight is 458 g/mol. The Morgan fingerprint density at radius 3 is 2.68 bits per heavy atom. The molecule has 0 unspecified atom stereocenters. The smallest absolute Gasteiger partial charge is 0.332 e. The number of anilines is 1. The summed E-state index contributed by atoms with van der Waals surface area (Å²) in [6.07, 6.45) is 1.49. The molecule has 0 saturated carbocycles. The van der Waals surface area contributed by atoms with Gasteiger partial charge >= 0.3 is 5.69 Å². The van der Waals surface area contributed by atoms with Crippen LogP contribution in [0.3, 0.4) is 0 Å². The molecule has 9 nitrogen and oxygen atoms in total. The standard InChI is InChI=1S/C25H22N4O5/c1-15-5-7-18(16(2)10-15)27-22(30)13-28-19-4-3-9-26-23(19)24(31)29(25(28)32)12-17-6-8-20-21(11-17)34-14-33-20/h3-11H,12-14H2,1-2H3,(H,27,30). The number of hydrogen-bond acceptors (Lipinski definition) is 6. The molecule has 1 N–H and O–H groups in total. The van der Waals surface area contributed by atoms with Crippen LogP contribution in [0.5, 0.6) is 11.5 Å². The Balaban J connectivity index is 1.53. The van der Waals surface area contributed by atoms with Crippen molar-refractivity contribution in [2.24, 2.45) is 0 Å². The SMILES string of the molecule is Cc1ccc(NC(=O)Cn2c(=O)n(Cc3ccc4c(c3)OCO4)c(=O)c3ncccc32)c(C)c1. The van der Waals surface area contributed by atoms with Crippen LogP contribution in [0.25, 0.3) is 11.0 Å². The van der Waals surface area contributed by atoms with Gasteiger partial charge in [-0.25, -0.2) is 9.78 Å². The highest BCUT2D eigenvalue weighted by Crippen LogP contribution is 2.32. The number of pyridine rings is 1. The molecule has 5 rings (SSSR count). The van der Waals surface area contributed by atoms with Crippen LogP contribution < -0.4 is 26.0 Å². The normalized spacial score (nSPS) is 12.2. The Labute approximate surface area is 194 Å². The molecule has 0 aliphatic carbocycles. The summed E-state index contributed by atoms with van der Waals surface area (Å²) in [5.74, 6) is 0.780. The first-order valence-corrected chi connectivity index (χ1v) is 10.7. The molecule has 0 radical (unpaired) electrons. The topological polar surface area (TPSA) is 104 Å². The summed E-state index contributed by atoms with van der Waals surface area (Å²) < 4.78 is 13.1. The van der Waals surface area contributed by atoms with Crippen LogP contribution >= 0.6 is 0 Å². The number of carbonyl (C=O) groups is 1. The summed E-state index contributed by atoms with van der Waals surface area (Å²) in [5, 5.41) is 2.85. The van der Waals surface area contributed by atoms with Gasteiger partial charge in [0.1, 0.15) is 6.54 Å². The number of benzene rings is 2. The number of rotatable bonds is 5. The van der Waals surface area contributed by atoms with E-state index in [0.717, 1.165) is 15.7 Å². The van der Waals surface area contributed by atoms with Gasteiger partial charge in [0.15, 0.2) is 17.0 Å². The number of ether oxygens (including phenoxy) is 2. The fraction of sp³-hybridized carbons (Fsp3) is 0.200. The maximum Gasteiger partial charge on any atom is 0.332 e. The van der Waals surface area contributed by atoms with Crippen molar-refractivity contribution in [1.29, 1.82) is 0 Å². The molecule has 34 heavy (non-hydrogen) atoms. The first-order chi connectivity index (χ1) is 16.4. The predicted octanol–water partition coefficient (Wildman–Crippen LogP) is 2.59. The second kappa shape index (κ2) is 8.51. The van der Waals surface area contributed by atoms with Gasteiger partial charge in [0.05, 0.1) is 12.1 Å². The van der Waals surface area contributed by atoms with E-state index in [2.05, 4.69) is 10.3 Å². The molecule has 4 aromatic rings. The van der Waals surface area contributed by atoms with E-state index in [-0.39, 0.29) is 31.3 Å². The molecule has 0 fully saturated rings. The first kappa shape index (κ1) is 21.4. The van der Waals surface area contributed by atoms with E-state index in [1.165, 1.54) is 10.8 Å². The number of aryl methyl sites for hydroxylation is 2. The number of aromatic nitrogens is 3. The van der Waals surface area contributed by atoms with Crippen LogP contribution in [0.1, 0.15) is 16.7 Å². The van der Waals surface area contributed by atoms with E-state index in [9.17, 15) is 14.4 Å². The van der Waals surface area contributed by atoms with E-state index in [0.29, 0.717) is 28.3 Å². The van der Waals surface area contributed by atoms with Gasteiger partial charge in [-0.1, -0.05) is 23.8 Å². The highest BCUT2D eigenvalue weighted by Gasteiger charge is 2.18. The van der Waals surface area contributed by atoms with Crippen molar-refractivity contribution in [3.8, 4) is 11.5 Å². The molecule has 0 saturated heterocycles. The molecule has 3 heterocycles. The lowest BCUT2D eigenvalue weighted by molar-refractivity contribution is -0.116. The lowest BCUT2D eigenvalue weighted by Crippen LogP contribution is -2.42. The summed E-state index contributed by atoms with van der Waals surface area (Å²) in [6, 6.07) is 14.2. The highest BCUT2D eigenvalue weighted by atomic mass is 16.7. The van der Waals surface area contributed by atoms with Gasteiger partial charge in [-0.05, 0) is 55.3 Å². The minimum Gasteiger partial charge on any atom is -0.454 e. The fourth-order valence-electron chi connectivity index (χ4n) is 4.04. The minimum atomic E-state index is -0.598. The maximum atomic E-state index is 13.4. The Hall–Kier alpha value is -4.40. The van der Waals surface area contributed by atoms with Crippen LogP contribution in [0.4, 0.5) is 5.69 Å². The molecule has 9 heteroatoms. The second-order valence-electron chi connectivity index (χ2n) is 8.19. The number of hydrogen-bond donors (Lipinski definition) is 1. The summed E-state index contributed by atoms with van der Waals surface area (Å²) >= 11 is 0. The number of amides is 1. The van der Waals surface area contributed by atoms with E-state index < -0.39 is 11.2 Å². The number of nitrogens with zero attached hydrogens (tertiary/aromatic N) is 3. The number of fused-ring (bicyclic) bond motifs is 2. The molecule has 2 aromatic heterocycles. The second-order valence-corrected chi connectivity index (χ2v) is 8.19. The Morgan fingerprint density at radius 1 is 1.03 bits per heavy atom. The number of nitrogens with one attached hydrogen (secondary N) is 1. The van der Waals surface area contributed by atoms with Gasteiger partial charge < -0.3 is 14.8 Å². The van der Waals surface area contributed by atoms with Gasteiger partial charge in [-0.2, -0.15) is 0 Å². The summed E-state index contributed by atoms with van der Waals surface area (Å²) in [7, 11) is 0. The van der Waals surface area contributed by atoms with E-state index in [1.54, 1.807) is 30.3 Å². The zero-order valence-electron chi connectivity index (χ0n) is 18.7. The van der Waals surface area contributed by atoms with E-state index >= 15 is 0 Å². The third kappa shape index (κ3) is 3.92. The quantitative estimate of drug-likeness (QED) is 0.493. The van der Waals surface area contributed by atoms with E-state index in [1.807, 2.05) is 32.0 Å². The lowest BCUT2D eigenvalue weighted by Gasteiger charge is -2.14. The molecule has 2 aromatic carbocycles. The Kier molecular flexibility index (Phi) is 5.37. The van der Waals surface area contributed by atoms with E-state index in [4.69, 9.17) is 9.47 Å². The molecular weight excluding hydrogens is 436 g/mol. The summed E-state index contributed by atoms with van der Waals surface area (Å²) in [6.45, 7) is 3.73. The lowest BCUT2D eigenvalue weighted by atomic mass is 10.1.